The van der Waals surface area contributed by atoms with Gasteiger partial charge in [-0.3, -0.25) is 4.79 Å². The number of ether oxygens (including phenoxy) is 2. The number of halogens is 1. The zero-order chi connectivity index (χ0) is 15.8. The first-order chi connectivity index (χ1) is 11.2. The van der Waals surface area contributed by atoms with Crippen molar-refractivity contribution in [1.82, 2.24) is 5.32 Å². The van der Waals surface area contributed by atoms with Crippen molar-refractivity contribution in [3.63, 3.8) is 0 Å². The second-order valence-corrected chi connectivity index (χ2v) is 7.11. The Morgan fingerprint density at radius 1 is 1.17 bits per heavy atom. The normalized spacial score (nSPS) is 28.5. The molecule has 0 radical (unpaired) electrons. The summed E-state index contributed by atoms with van der Waals surface area (Å²) in [5.41, 5.74) is 0.595. The van der Waals surface area contributed by atoms with Gasteiger partial charge in [0.05, 0.1) is 10.7 Å². The average molecular weight is 337 g/mol. The van der Waals surface area contributed by atoms with Crippen LogP contribution in [-0.2, 0) is 4.79 Å². The number of carbonyl (C=O) groups is 1. The second kappa shape index (κ2) is 6.21. The van der Waals surface area contributed by atoms with E-state index in [-0.39, 0.29) is 5.91 Å². The molecule has 5 nitrogen and oxygen atoms in total. The molecule has 0 spiro atoms. The molecule has 1 aromatic carbocycles. The number of nitrogens with one attached hydrogen (secondary N) is 2. The number of carbonyl (C=O) groups excluding carboxylic acids is 1. The Balaban J connectivity index is 1.40. The highest BCUT2D eigenvalue weighted by Gasteiger charge is 2.34. The highest BCUT2D eigenvalue weighted by molar-refractivity contribution is 6.34. The number of hydrogen-bond donors (Lipinski definition) is 2. The van der Waals surface area contributed by atoms with Crippen LogP contribution >= 0.6 is 11.6 Å². The molecule has 23 heavy (non-hydrogen) atoms. The van der Waals surface area contributed by atoms with Gasteiger partial charge in [0.25, 0.3) is 0 Å². The highest BCUT2D eigenvalue weighted by Crippen LogP contribution is 2.38. The van der Waals surface area contributed by atoms with Crippen LogP contribution in [0, 0.1) is 5.92 Å². The molecule has 1 amide bonds. The third kappa shape index (κ3) is 3.26. The predicted octanol–water partition coefficient (Wildman–Crippen LogP) is 2.97. The van der Waals surface area contributed by atoms with Crippen molar-refractivity contribution < 1.29 is 14.3 Å². The van der Waals surface area contributed by atoms with E-state index in [0.29, 0.717) is 59.8 Å². The summed E-state index contributed by atoms with van der Waals surface area (Å²) >= 11 is 6.24. The van der Waals surface area contributed by atoms with Crippen molar-refractivity contribution >= 4 is 23.2 Å². The SMILES string of the molecule is O=C(CC1CC2CCC(C1)N2)Nc1cc2c(cc1Cl)OCCO2. The largest absolute Gasteiger partial charge is 0.486 e. The summed E-state index contributed by atoms with van der Waals surface area (Å²) in [7, 11) is 0. The third-order valence-corrected chi connectivity index (χ3v) is 5.26. The quantitative estimate of drug-likeness (QED) is 0.891. The maximum Gasteiger partial charge on any atom is 0.224 e. The predicted molar refractivity (Wildman–Crippen MR) is 88.4 cm³/mol. The number of piperidine rings is 1. The first kappa shape index (κ1) is 15.1. The highest BCUT2D eigenvalue weighted by atomic mass is 35.5. The Hall–Kier alpha value is -1.46. The van der Waals surface area contributed by atoms with Gasteiger partial charge >= 0.3 is 0 Å². The first-order valence-corrected chi connectivity index (χ1v) is 8.70. The molecular formula is C17H21ClN2O3. The Morgan fingerprint density at radius 2 is 1.83 bits per heavy atom. The van der Waals surface area contributed by atoms with Crippen molar-refractivity contribution in [1.29, 1.82) is 0 Å². The topological polar surface area (TPSA) is 59.6 Å². The molecule has 124 valence electrons. The second-order valence-electron chi connectivity index (χ2n) is 6.70. The van der Waals surface area contributed by atoms with Gasteiger partial charge in [-0.2, -0.15) is 0 Å². The van der Waals surface area contributed by atoms with E-state index in [0.717, 1.165) is 12.8 Å². The van der Waals surface area contributed by atoms with Crippen molar-refractivity contribution in [2.75, 3.05) is 18.5 Å². The first-order valence-electron chi connectivity index (χ1n) is 8.32. The van der Waals surface area contributed by atoms with E-state index in [4.69, 9.17) is 21.1 Å². The van der Waals surface area contributed by atoms with E-state index < -0.39 is 0 Å². The third-order valence-electron chi connectivity index (χ3n) is 4.95. The lowest BCUT2D eigenvalue weighted by molar-refractivity contribution is -0.117. The molecule has 0 aliphatic carbocycles. The van der Waals surface area contributed by atoms with Gasteiger partial charge in [-0.15, -0.1) is 0 Å². The van der Waals surface area contributed by atoms with Crippen LogP contribution in [0.3, 0.4) is 0 Å². The molecule has 2 bridgehead atoms. The van der Waals surface area contributed by atoms with Crippen molar-refractivity contribution in [3.05, 3.63) is 17.2 Å². The van der Waals surface area contributed by atoms with Crippen LogP contribution in [0.1, 0.15) is 32.1 Å². The van der Waals surface area contributed by atoms with Crippen molar-refractivity contribution in [3.8, 4) is 11.5 Å². The van der Waals surface area contributed by atoms with Crippen LogP contribution in [-0.4, -0.2) is 31.2 Å². The minimum atomic E-state index is 0.0230. The molecule has 2 unspecified atom stereocenters. The molecule has 4 rings (SSSR count). The van der Waals surface area contributed by atoms with Crippen LogP contribution in [0.15, 0.2) is 12.1 Å². The summed E-state index contributed by atoms with van der Waals surface area (Å²) in [6, 6.07) is 4.66. The lowest BCUT2D eigenvalue weighted by Gasteiger charge is -2.28. The molecule has 3 aliphatic rings. The fourth-order valence-corrected chi connectivity index (χ4v) is 4.17. The maximum atomic E-state index is 12.4. The van der Waals surface area contributed by atoms with Gasteiger partial charge in [0.2, 0.25) is 5.91 Å². The summed E-state index contributed by atoms with van der Waals surface area (Å²) in [5.74, 6) is 1.75. The van der Waals surface area contributed by atoms with Crippen LogP contribution in [0.2, 0.25) is 5.02 Å². The fourth-order valence-electron chi connectivity index (χ4n) is 3.96. The van der Waals surface area contributed by atoms with E-state index in [2.05, 4.69) is 10.6 Å². The molecule has 1 aromatic rings. The summed E-state index contributed by atoms with van der Waals surface area (Å²) < 4.78 is 11.0. The van der Waals surface area contributed by atoms with Crippen LogP contribution in [0.4, 0.5) is 5.69 Å². The van der Waals surface area contributed by atoms with Gasteiger partial charge in [-0.1, -0.05) is 11.6 Å². The molecule has 0 aromatic heterocycles. The molecule has 2 atom stereocenters. The van der Waals surface area contributed by atoms with Crippen molar-refractivity contribution in [2.45, 2.75) is 44.2 Å². The zero-order valence-electron chi connectivity index (χ0n) is 12.9. The average Bonchev–Trinajstić information content (AvgIpc) is 2.87. The smallest absolute Gasteiger partial charge is 0.224 e. The van der Waals surface area contributed by atoms with Gasteiger partial charge in [0, 0.05) is 30.6 Å². The summed E-state index contributed by atoms with van der Waals surface area (Å²) in [6.45, 7) is 1.03. The minimum absolute atomic E-state index is 0.0230. The zero-order valence-corrected chi connectivity index (χ0v) is 13.7. The molecule has 0 saturated carbocycles. The van der Waals surface area contributed by atoms with E-state index in [1.54, 1.807) is 12.1 Å². The molecule has 3 aliphatic heterocycles. The van der Waals surface area contributed by atoms with Crippen molar-refractivity contribution in [2.24, 2.45) is 5.92 Å². The monoisotopic (exact) mass is 336 g/mol. The van der Waals surface area contributed by atoms with Gasteiger partial charge in [-0.25, -0.2) is 0 Å². The number of fused-ring (bicyclic) bond motifs is 3. The maximum absolute atomic E-state index is 12.4. The van der Waals surface area contributed by atoms with Crippen LogP contribution in [0.5, 0.6) is 11.5 Å². The van der Waals surface area contributed by atoms with Gasteiger partial charge in [0.1, 0.15) is 13.2 Å². The standard InChI is InChI=1S/C17H21ClN2O3/c18-13-8-15-16(23-4-3-22-15)9-14(13)20-17(21)7-10-5-11-1-2-12(6-10)19-11/h8-12,19H,1-7H2,(H,20,21). The number of anilines is 1. The van der Waals surface area contributed by atoms with Crippen LogP contribution < -0.4 is 20.1 Å². The Morgan fingerprint density at radius 3 is 2.52 bits per heavy atom. The van der Waals surface area contributed by atoms with E-state index >= 15 is 0 Å². The summed E-state index contributed by atoms with van der Waals surface area (Å²) in [4.78, 5) is 12.4. The molecule has 6 heteroatoms. The Bertz CT molecular complexity index is 610. The Labute approximate surface area is 140 Å². The van der Waals surface area contributed by atoms with E-state index in [9.17, 15) is 4.79 Å². The lowest BCUT2D eigenvalue weighted by atomic mass is 9.89. The summed E-state index contributed by atoms with van der Waals surface area (Å²) in [5, 5.41) is 7.01. The van der Waals surface area contributed by atoms with Gasteiger partial charge in [0.15, 0.2) is 11.5 Å². The number of amides is 1. The van der Waals surface area contributed by atoms with E-state index in [1.165, 1.54) is 12.8 Å². The molecular weight excluding hydrogens is 316 g/mol. The molecule has 3 heterocycles. The Kier molecular flexibility index (Phi) is 4.07. The number of hydrogen-bond acceptors (Lipinski definition) is 4. The lowest BCUT2D eigenvalue weighted by Crippen LogP contribution is -2.39. The van der Waals surface area contributed by atoms with E-state index in [1.807, 2.05) is 0 Å². The molecule has 2 N–H and O–H groups in total. The minimum Gasteiger partial charge on any atom is -0.486 e. The fraction of sp³-hybridized carbons (Fsp3) is 0.588. The summed E-state index contributed by atoms with van der Waals surface area (Å²) in [6.07, 6.45) is 5.24. The van der Waals surface area contributed by atoms with Gasteiger partial charge < -0.3 is 20.1 Å². The number of benzene rings is 1. The molecule has 2 saturated heterocycles. The number of rotatable bonds is 3. The van der Waals surface area contributed by atoms with Crippen LogP contribution in [0.25, 0.3) is 0 Å². The van der Waals surface area contributed by atoms with Gasteiger partial charge in [-0.05, 0) is 31.6 Å². The molecule has 2 fully saturated rings.